The Morgan fingerprint density at radius 3 is 0.800 bits per heavy atom. The monoisotopic (exact) mass is 1110 g/mol. The van der Waals surface area contributed by atoms with Crippen molar-refractivity contribution in [3.05, 3.63) is 109 Å². The maximum absolute atomic E-state index is 12.9. The summed E-state index contributed by atoms with van der Waals surface area (Å²) in [7, 11) is 0. The van der Waals surface area contributed by atoms with E-state index in [2.05, 4.69) is 130 Å². The fraction of sp³-hybridized carbons (Fsp3) is 0.716. The molecule has 0 fully saturated rings. The molecule has 6 nitrogen and oxygen atoms in total. The Hall–Kier alpha value is -3.93. The number of hydrogen-bond donors (Lipinski definition) is 0. The van der Waals surface area contributed by atoms with Crippen LogP contribution in [0.5, 0.6) is 0 Å². The van der Waals surface area contributed by atoms with Crippen LogP contribution in [0.2, 0.25) is 0 Å². The predicted molar refractivity (Wildman–Crippen MR) is 348 cm³/mol. The number of carbonyl (C=O) groups is 3. The molecule has 458 valence electrons. The van der Waals surface area contributed by atoms with Crippen molar-refractivity contribution in [2.24, 2.45) is 0 Å². The van der Waals surface area contributed by atoms with Gasteiger partial charge in [0.2, 0.25) is 0 Å². The highest BCUT2D eigenvalue weighted by Crippen LogP contribution is 2.16. The molecule has 0 aromatic carbocycles. The van der Waals surface area contributed by atoms with Gasteiger partial charge in [-0.05, 0) is 128 Å². The zero-order valence-corrected chi connectivity index (χ0v) is 52.6. The van der Waals surface area contributed by atoms with Gasteiger partial charge in [0.25, 0.3) is 0 Å². The van der Waals surface area contributed by atoms with Crippen molar-refractivity contribution in [3.63, 3.8) is 0 Å². The maximum Gasteiger partial charge on any atom is 0.306 e. The molecule has 0 aliphatic carbocycles. The van der Waals surface area contributed by atoms with Crippen LogP contribution < -0.4 is 0 Å². The second kappa shape index (κ2) is 67.6. The summed E-state index contributed by atoms with van der Waals surface area (Å²) in [6.07, 6.45) is 92.5. The van der Waals surface area contributed by atoms with E-state index < -0.39 is 6.10 Å². The SMILES string of the molecule is CC/C=C\C/C=C\C/C=C\C/C=C\C/C=C\C/C=C\C/C=C\CCCCCCCC(=O)OCC(COC(=O)CCCCCCC/C=C\CCCCC)OC(=O)CCCCCCCCCCCCC/C=C\CCCCCCCCCC. The van der Waals surface area contributed by atoms with Gasteiger partial charge in [-0.2, -0.15) is 0 Å². The molecule has 1 atom stereocenters. The van der Waals surface area contributed by atoms with Crippen molar-refractivity contribution in [2.75, 3.05) is 13.2 Å². The average molecular weight is 1110 g/mol. The van der Waals surface area contributed by atoms with Crippen LogP contribution in [0.4, 0.5) is 0 Å². The zero-order valence-electron chi connectivity index (χ0n) is 52.6. The van der Waals surface area contributed by atoms with Crippen molar-refractivity contribution in [1.82, 2.24) is 0 Å². The molecular weight excluding hydrogens is 985 g/mol. The molecular formula is C74H126O6. The molecule has 0 bridgehead atoms. The van der Waals surface area contributed by atoms with Crippen LogP contribution in [0.25, 0.3) is 0 Å². The Morgan fingerprint density at radius 1 is 0.263 bits per heavy atom. The van der Waals surface area contributed by atoms with Gasteiger partial charge in [0, 0.05) is 19.3 Å². The van der Waals surface area contributed by atoms with Gasteiger partial charge in [-0.25, -0.2) is 0 Å². The van der Waals surface area contributed by atoms with Crippen LogP contribution >= 0.6 is 0 Å². The van der Waals surface area contributed by atoms with Crippen molar-refractivity contribution in [2.45, 2.75) is 329 Å². The number of unbranched alkanes of at least 4 members (excludes halogenated alkanes) is 32. The molecule has 0 N–H and O–H groups in total. The summed E-state index contributed by atoms with van der Waals surface area (Å²) in [6, 6.07) is 0. The van der Waals surface area contributed by atoms with Gasteiger partial charge >= 0.3 is 17.9 Å². The largest absolute Gasteiger partial charge is 0.462 e. The third kappa shape index (κ3) is 64.9. The van der Waals surface area contributed by atoms with Gasteiger partial charge in [-0.3, -0.25) is 14.4 Å². The first-order valence-electron chi connectivity index (χ1n) is 33.9. The molecule has 0 radical (unpaired) electrons. The average Bonchev–Trinajstić information content (AvgIpc) is 3.46. The van der Waals surface area contributed by atoms with E-state index in [1.807, 2.05) is 0 Å². The van der Waals surface area contributed by atoms with Crippen molar-refractivity contribution in [1.29, 1.82) is 0 Å². The Balaban J connectivity index is 4.34. The molecule has 0 rings (SSSR count). The highest BCUT2D eigenvalue weighted by Gasteiger charge is 2.19. The van der Waals surface area contributed by atoms with Crippen molar-refractivity contribution >= 4 is 17.9 Å². The molecule has 0 spiro atoms. The first-order chi connectivity index (χ1) is 39.5. The van der Waals surface area contributed by atoms with E-state index in [1.165, 1.54) is 154 Å². The highest BCUT2D eigenvalue weighted by molar-refractivity contribution is 5.71. The van der Waals surface area contributed by atoms with Gasteiger partial charge < -0.3 is 14.2 Å². The van der Waals surface area contributed by atoms with E-state index in [1.54, 1.807) is 0 Å². The van der Waals surface area contributed by atoms with Crippen LogP contribution in [-0.4, -0.2) is 37.2 Å². The molecule has 0 saturated carbocycles. The molecule has 0 saturated heterocycles. The second-order valence-electron chi connectivity index (χ2n) is 22.3. The number of esters is 3. The standard InChI is InChI=1S/C74H126O6/c1-4-7-10-13-16-19-22-25-27-29-31-33-35-36-37-38-40-41-43-45-47-49-52-55-58-61-64-67-73(76)79-70-71(69-78-72(75)66-63-60-57-54-51-24-21-18-15-12-9-6-3)80-74(77)68-65-62-59-56-53-50-48-46-44-42-39-34-32-30-28-26-23-20-17-14-11-8-5-2/h7,10,16,18-19,21,25,27,30-33,36-37,40-41,45,47,71H,4-6,8-9,11-15,17,20,22-24,26,28-29,34-35,38-39,42-44,46,48-70H2,1-3H3/b10-7-,19-16-,21-18-,27-25-,32-30-,33-31-,37-36-,41-40-,47-45-. The summed E-state index contributed by atoms with van der Waals surface area (Å²) in [5, 5.41) is 0. The second-order valence-corrected chi connectivity index (χ2v) is 22.3. The molecule has 80 heavy (non-hydrogen) atoms. The Bertz CT molecular complexity index is 1610. The Morgan fingerprint density at radius 2 is 0.487 bits per heavy atom. The predicted octanol–water partition coefficient (Wildman–Crippen LogP) is 23.4. The third-order valence-corrected chi connectivity index (χ3v) is 14.5. The van der Waals surface area contributed by atoms with Gasteiger partial charge in [0.1, 0.15) is 13.2 Å². The van der Waals surface area contributed by atoms with Crippen LogP contribution in [-0.2, 0) is 28.6 Å². The van der Waals surface area contributed by atoms with E-state index in [-0.39, 0.29) is 31.1 Å². The fourth-order valence-corrected chi connectivity index (χ4v) is 9.41. The zero-order chi connectivity index (χ0) is 57.8. The fourth-order valence-electron chi connectivity index (χ4n) is 9.41. The smallest absolute Gasteiger partial charge is 0.306 e. The molecule has 6 heteroatoms. The Kier molecular flexibility index (Phi) is 64.3. The van der Waals surface area contributed by atoms with E-state index in [0.717, 1.165) is 128 Å². The molecule has 1 unspecified atom stereocenters. The van der Waals surface area contributed by atoms with Crippen LogP contribution in [0.1, 0.15) is 323 Å². The summed E-state index contributed by atoms with van der Waals surface area (Å²) in [6.45, 7) is 6.50. The third-order valence-electron chi connectivity index (χ3n) is 14.5. The van der Waals surface area contributed by atoms with Gasteiger partial charge in [-0.1, -0.05) is 284 Å². The summed E-state index contributed by atoms with van der Waals surface area (Å²) < 4.78 is 16.9. The van der Waals surface area contributed by atoms with E-state index in [9.17, 15) is 14.4 Å². The minimum absolute atomic E-state index is 0.0886. The lowest BCUT2D eigenvalue weighted by Crippen LogP contribution is -2.30. The highest BCUT2D eigenvalue weighted by atomic mass is 16.6. The Labute approximate surface area is 495 Å². The van der Waals surface area contributed by atoms with Crippen molar-refractivity contribution < 1.29 is 28.6 Å². The molecule has 0 amide bonds. The first kappa shape index (κ1) is 76.1. The number of rotatable bonds is 61. The van der Waals surface area contributed by atoms with Crippen LogP contribution in [0, 0.1) is 0 Å². The number of carbonyl (C=O) groups excluding carboxylic acids is 3. The van der Waals surface area contributed by atoms with Gasteiger partial charge in [0.15, 0.2) is 6.10 Å². The van der Waals surface area contributed by atoms with E-state index in [0.29, 0.717) is 19.3 Å². The summed E-state index contributed by atoms with van der Waals surface area (Å²) in [4.78, 5) is 38.4. The summed E-state index contributed by atoms with van der Waals surface area (Å²) in [5.41, 5.74) is 0. The van der Waals surface area contributed by atoms with Gasteiger partial charge in [0.05, 0.1) is 0 Å². The number of hydrogen-bond acceptors (Lipinski definition) is 6. The molecule has 0 aromatic rings. The quantitative estimate of drug-likeness (QED) is 0.0261. The van der Waals surface area contributed by atoms with E-state index >= 15 is 0 Å². The van der Waals surface area contributed by atoms with E-state index in [4.69, 9.17) is 14.2 Å². The normalized spacial score (nSPS) is 12.8. The number of ether oxygens (including phenoxy) is 3. The minimum atomic E-state index is -0.793. The molecule has 0 aliphatic rings. The lowest BCUT2D eigenvalue weighted by atomic mass is 10.0. The topological polar surface area (TPSA) is 78.9 Å². The summed E-state index contributed by atoms with van der Waals surface area (Å²) >= 11 is 0. The molecule has 0 aliphatic heterocycles. The minimum Gasteiger partial charge on any atom is -0.462 e. The lowest BCUT2D eigenvalue weighted by Gasteiger charge is -2.18. The lowest BCUT2D eigenvalue weighted by molar-refractivity contribution is -0.167. The van der Waals surface area contributed by atoms with Crippen LogP contribution in [0.15, 0.2) is 109 Å². The first-order valence-corrected chi connectivity index (χ1v) is 33.9. The van der Waals surface area contributed by atoms with Crippen LogP contribution in [0.3, 0.4) is 0 Å². The summed E-state index contributed by atoms with van der Waals surface area (Å²) in [5.74, 6) is -0.908. The molecule has 0 heterocycles. The molecule has 0 aromatic heterocycles. The maximum atomic E-state index is 12.9. The van der Waals surface area contributed by atoms with Crippen molar-refractivity contribution in [3.8, 4) is 0 Å². The number of allylic oxidation sites excluding steroid dienone is 18. The van der Waals surface area contributed by atoms with Gasteiger partial charge in [-0.15, -0.1) is 0 Å².